The third-order valence-electron chi connectivity index (χ3n) is 3.35. The van der Waals surface area contributed by atoms with Crippen molar-refractivity contribution in [3.8, 4) is 23.3 Å². The van der Waals surface area contributed by atoms with Gasteiger partial charge in [-0.2, -0.15) is 10.5 Å². The predicted octanol–water partition coefficient (Wildman–Crippen LogP) is 4.70. The summed E-state index contributed by atoms with van der Waals surface area (Å²) in [6.07, 6.45) is 1.09. The molecule has 2 rings (SSSR count). The van der Waals surface area contributed by atoms with Crippen molar-refractivity contribution in [2.75, 3.05) is 0 Å². The van der Waals surface area contributed by atoms with Crippen LogP contribution in [0.4, 0.5) is 0 Å². The van der Waals surface area contributed by atoms with Gasteiger partial charge < -0.3 is 0 Å². The molecule has 2 atom stereocenters. The lowest BCUT2D eigenvalue weighted by atomic mass is 10.00. The Morgan fingerprint density at radius 2 is 1.00 bits per heavy atom. The summed E-state index contributed by atoms with van der Waals surface area (Å²) in [5.41, 5.74) is 4.28. The topological polar surface area (TPSA) is 47.6 Å². The number of halogens is 2. The zero-order chi connectivity index (χ0) is 15.9. The average Bonchev–Trinajstić information content (AvgIpc) is 2.56. The molecule has 2 aromatic rings. The summed E-state index contributed by atoms with van der Waals surface area (Å²) in [6.45, 7) is 0. The minimum atomic E-state index is -0.492. The van der Waals surface area contributed by atoms with Crippen LogP contribution in [0.5, 0.6) is 0 Å². The Balaban J connectivity index is 2.09. The fourth-order valence-electron chi connectivity index (χ4n) is 2.17. The van der Waals surface area contributed by atoms with Gasteiger partial charge in [0.15, 0.2) is 0 Å². The van der Waals surface area contributed by atoms with Crippen molar-refractivity contribution >= 4 is 23.2 Å². The molecule has 2 unspecified atom stereocenters. The van der Waals surface area contributed by atoms with E-state index in [2.05, 4.69) is 0 Å². The van der Waals surface area contributed by atoms with Crippen LogP contribution in [0, 0.1) is 22.7 Å². The van der Waals surface area contributed by atoms with E-state index < -0.39 is 10.8 Å². The van der Waals surface area contributed by atoms with Crippen LogP contribution in [0.2, 0.25) is 0 Å². The minimum Gasteiger partial charge on any atom is -0.197 e. The van der Waals surface area contributed by atoms with Gasteiger partial charge in [-0.15, -0.1) is 23.2 Å². The summed E-state index contributed by atoms with van der Waals surface area (Å²) in [5.74, 6) is 0. The molecule has 0 aliphatic heterocycles. The fourth-order valence-corrected chi connectivity index (χ4v) is 2.53. The summed E-state index contributed by atoms with van der Waals surface area (Å²) in [4.78, 5) is 0. The summed E-state index contributed by atoms with van der Waals surface area (Å²) >= 11 is 11.7. The van der Waals surface area contributed by atoms with Gasteiger partial charge in [0.05, 0.1) is 12.1 Å². The third-order valence-corrected chi connectivity index (χ3v) is 3.85. The molecule has 0 radical (unpaired) electrons. The zero-order valence-electron chi connectivity index (χ0n) is 11.8. The van der Waals surface area contributed by atoms with Crippen LogP contribution in [0.3, 0.4) is 0 Å². The first-order chi connectivity index (χ1) is 10.6. The van der Waals surface area contributed by atoms with E-state index in [0.29, 0.717) is 12.8 Å². The van der Waals surface area contributed by atoms with E-state index >= 15 is 0 Å². The van der Waals surface area contributed by atoms with Gasteiger partial charge in [0, 0.05) is 12.8 Å². The smallest absolute Gasteiger partial charge is 0.124 e. The summed E-state index contributed by atoms with van der Waals surface area (Å²) < 4.78 is 0. The number of hydrogen-bond acceptors (Lipinski definition) is 2. The highest BCUT2D eigenvalue weighted by Gasteiger charge is 2.06. The molecule has 0 aromatic heterocycles. The quantitative estimate of drug-likeness (QED) is 0.747. The number of nitriles is 2. The molecule has 0 aliphatic carbocycles. The lowest BCUT2D eigenvalue weighted by Gasteiger charge is -2.07. The zero-order valence-corrected chi connectivity index (χ0v) is 13.3. The van der Waals surface area contributed by atoms with Gasteiger partial charge in [-0.3, -0.25) is 0 Å². The van der Waals surface area contributed by atoms with Crippen LogP contribution in [0.1, 0.15) is 11.1 Å². The van der Waals surface area contributed by atoms with E-state index in [1.54, 1.807) is 0 Å². The predicted molar refractivity (Wildman–Crippen MR) is 89.8 cm³/mol. The van der Waals surface area contributed by atoms with Gasteiger partial charge in [0.25, 0.3) is 0 Å². The molecule has 0 fully saturated rings. The van der Waals surface area contributed by atoms with Crippen molar-refractivity contribution in [2.45, 2.75) is 23.6 Å². The van der Waals surface area contributed by atoms with E-state index in [-0.39, 0.29) is 0 Å². The third kappa shape index (κ3) is 4.50. The Labute approximate surface area is 140 Å². The van der Waals surface area contributed by atoms with Crippen molar-refractivity contribution in [3.63, 3.8) is 0 Å². The Kier molecular flexibility index (Phi) is 5.84. The van der Waals surface area contributed by atoms with Crippen LogP contribution in [-0.4, -0.2) is 10.8 Å². The van der Waals surface area contributed by atoms with Gasteiger partial charge in [-0.1, -0.05) is 48.5 Å². The maximum atomic E-state index is 8.72. The summed E-state index contributed by atoms with van der Waals surface area (Å²) in [5, 5.41) is 16.5. The van der Waals surface area contributed by atoms with Crippen LogP contribution in [0.25, 0.3) is 11.1 Å². The molecule has 0 heterocycles. The fraction of sp³-hybridized carbons (Fsp3) is 0.222. The van der Waals surface area contributed by atoms with Crippen molar-refractivity contribution in [3.05, 3.63) is 59.7 Å². The highest BCUT2D eigenvalue weighted by Crippen LogP contribution is 2.22. The minimum absolute atomic E-state index is 0.492. The monoisotopic (exact) mass is 328 g/mol. The maximum absolute atomic E-state index is 8.72. The maximum Gasteiger partial charge on any atom is 0.124 e. The van der Waals surface area contributed by atoms with E-state index in [0.717, 1.165) is 22.3 Å². The molecule has 0 bridgehead atoms. The highest BCUT2D eigenvalue weighted by molar-refractivity contribution is 6.22. The molecule has 0 spiro atoms. The molecule has 4 heteroatoms. The number of hydrogen-bond donors (Lipinski definition) is 0. The van der Waals surface area contributed by atoms with Crippen LogP contribution in [-0.2, 0) is 12.8 Å². The summed E-state index contributed by atoms with van der Waals surface area (Å²) in [6, 6.07) is 20.1. The number of nitrogens with zero attached hydrogens (tertiary/aromatic N) is 2. The molecular weight excluding hydrogens is 315 g/mol. The first kappa shape index (κ1) is 16.4. The average molecular weight is 329 g/mol. The number of rotatable bonds is 5. The van der Waals surface area contributed by atoms with Gasteiger partial charge in [0.1, 0.15) is 10.8 Å². The SMILES string of the molecule is N#CC(Cl)Cc1ccc(-c2ccc(CC(Cl)C#N)cc2)cc1. The van der Waals surface area contributed by atoms with Crippen molar-refractivity contribution in [2.24, 2.45) is 0 Å². The van der Waals surface area contributed by atoms with Crippen LogP contribution in [0.15, 0.2) is 48.5 Å². The van der Waals surface area contributed by atoms with E-state index in [9.17, 15) is 0 Å². The second-order valence-electron chi connectivity index (χ2n) is 5.00. The number of alkyl halides is 2. The van der Waals surface area contributed by atoms with E-state index in [1.807, 2.05) is 60.7 Å². The molecule has 2 nitrogen and oxygen atoms in total. The molecule has 22 heavy (non-hydrogen) atoms. The molecule has 0 N–H and O–H groups in total. The van der Waals surface area contributed by atoms with Crippen molar-refractivity contribution in [1.82, 2.24) is 0 Å². The van der Waals surface area contributed by atoms with E-state index in [4.69, 9.17) is 33.7 Å². The van der Waals surface area contributed by atoms with Gasteiger partial charge in [0.2, 0.25) is 0 Å². The molecule has 0 saturated carbocycles. The first-order valence-electron chi connectivity index (χ1n) is 6.88. The Hall–Kier alpha value is -2.00. The Morgan fingerprint density at radius 3 is 1.27 bits per heavy atom. The van der Waals surface area contributed by atoms with Gasteiger partial charge in [-0.05, 0) is 22.3 Å². The Bertz CT molecular complexity index is 630. The normalized spacial score (nSPS) is 12.9. The van der Waals surface area contributed by atoms with Gasteiger partial charge >= 0.3 is 0 Å². The van der Waals surface area contributed by atoms with Crippen molar-refractivity contribution in [1.29, 1.82) is 10.5 Å². The largest absolute Gasteiger partial charge is 0.197 e. The molecule has 110 valence electrons. The van der Waals surface area contributed by atoms with Crippen LogP contribution < -0.4 is 0 Å². The molecular formula is C18H14Cl2N2. The first-order valence-corrected chi connectivity index (χ1v) is 7.75. The lowest BCUT2D eigenvalue weighted by Crippen LogP contribution is -1.99. The molecule has 2 aromatic carbocycles. The second-order valence-corrected chi connectivity index (χ2v) is 6.05. The van der Waals surface area contributed by atoms with Crippen molar-refractivity contribution < 1.29 is 0 Å². The second kappa shape index (κ2) is 7.85. The standard InChI is InChI=1S/C18H14Cl2N2/c19-17(11-21)9-13-1-5-15(6-2-13)16-7-3-14(4-8-16)10-18(20)12-22/h1-8,17-18H,9-10H2. The molecule has 0 amide bonds. The Morgan fingerprint density at radius 1 is 0.682 bits per heavy atom. The summed E-state index contributed by atoms with van der Waals surface area (Å²) in [7, 11) is 0. The van der Waals surface area contributed by atoms with Crippen LogP contribution >= 0.6 is 23.2 Å². The lowest BCUT2D eigenvalue weighted by molar-refractivity contribution is 1.02. The molecule has 0 saturated heterocycles. The molecule has 0 aliphatic rings. The highest BCUT2D eigenvalue weighted by atomic mass is 35.5. The van der Waals surface area contributed by atoms with E-state index in [1.165, 1.54) is 0 Å². The number of benzene rings is 2. The van der Waals surface area contributed by atoms with Gasteiger partial charge in [-0.25, -0.2) is 0 Å².